The number of rotatable bonds is 8. The van der Waals surface area contributed by atoms with Crippen LogP contribution in [-0.4, -0.2) is 57.4 Å². The molecule has 1 aliphatic rings. The van der Waals surface area contributed by atoms with Crippen LogP contribution in [0.25, 0.3) is 5.69 Å². The highest BCUT2D eigenvalue weighted by atomic mass is 35.5. The maximum atomic E-state index is 13.6. The van der Waals surface area contributed by atoms with Crippen LogP contribution >= 0.6 is 23.4 Å². The molecule has 0 spiro atoms. The fourth-order valence-corrected chi connectivity index (χ4v) is 5.10. The zero-order valence-electron chi connectivity index (χ0n) is 20.5. The van der Waals surface area contributed by atoms with Crippen molar-refractivity contribution in [2.75, 3.05) is 26.0 Å². The molecule has 1 saturated heterocycles. The van der Waals surface area contributed by atoms with Gasteiger partial charge in [-0.3, -0.25) is 29.9 Å². The van der Waals surface area contributed by atoms with Gasteiger partial charge < -0.3 is 4.74 Å². The van der Waals surface area contributed by atoms with Gasteiger partial charge in [0.25, 0.3) is 5.91 Å². The zero-order valence-corrected chi connectivity index (χ0v) is 22.1. The number of thioether (sulfide) groups is 1. The summed E-state index contributed by atoms with van der Waals surface area (Å²) in [6.07, 6.45) is 3.47. The Bertz CT molecular complexity index is 1250. The number of hydrogen-bond donors (Lipinski definition) is 2. The van der Waals surface area contributed by atoms with Gasteiger partial charge in [0.05, 0.1) is 24.5 Å². The lowest BCUT2D eigenvalue weighted by molar-refractivity contribution is -0.119. The summed E-state index contributed by atoms with van der Waals surface area (Å²) in [6, 6.07) is 10.7. The van der Waals surface area contributed by atoms with Crippen molar-refractivity contribution in [2.45, 2.75) is 37.4 Å². The van der Waals surface area contributed by atoms with Gasteiger partial charge >= 0.3 is 0 Å². The second-order valence-corrected chi connectivity index (χ2v) is 9.94. The Balaban J connectivity index is 1.45. The quantitative estimate of drug-likeness (QED) is 0.323. The number of amides is 2. The van der Waals surface area contributed by atoms with E-state index in [0.717, 1.165) is 43.5 Å². The molecule has 37 heavy (non-hydrogen) atoms. The standard InChI is InChI=1S/C25H28ClFN6O3S/c1-16(32-12-4-3-5-13-32)23-29-31-25(33(23)19-9-7-18(27)8-10-19)37-15-22(34)28-30-24(35)20-14-17(26)6-11-21(20)36-2/h6-11,14,16H,3-5,12-13,15H2,1-2H3,(H,28,34)(H,30,35). The first-order chi connectivity index (χ1) is 17.9. The van der Waals surface area contributed by atoms with Crippen LogP contribution in [-0.2, 0) is 4.79 Å². The number of carbonyl (C=O) groups excluding carboxylic acids is 2. The van der Waals surface area contributed by atoms with E-state index < -0.39 is 11.8 Å². The summed E-state index contributed by atoms with van der Waals surface area (Å²) in [5.41, 5.74) is 5.66. The molecule has 0 saturated carbocycles. The molecule has 3 aromatic rings. The summed E-state index contributed by atoms with van der Waals surface area (Å²) in [5.74, 6) is -0.345. The van der Waals surface area contributed by atoms with E-state index in [1.807, 2.05) is 4.57 Å². The smallest absolute Gasteiger partial charge is 0.273 e. The van der Waals surface area contributed by atoms with Crippen molar-refractivity contribution in [2.24, 2.45) is 0 Å². The van der Waals surface area contributed by atoms with Gasteiger partial charge in [-0.25, -0.2) is 4.39 Å². The average molecular weight is 547 g/mol. The lowest BCUT2D eigenvalue weighted by Gasteiger charge is -2.31. The SMILES string of the molecule is COc1ccc(Cl)cc1C(=O)NNC(=O)CSc1nnc(C(C)N2CCCCC2)n1-c1ccc(F)cc1. The van der Waals surface area contributed by atoms with E-state index in [2.05, 4.69) is 32.9 Å². The minimum absolute atomic E-state index is 0.00649. The largest absolute Gasteiger partial charge is 0.496 e. The first kappa shape index (κ1) is 26.9. The Hall–Kier alpha value is -3.15. The van der Waals surface area contributed by atoms with Crippen LogP contribution in [0, 0.1) is 5.82 Å². The lowest BCUT2D eigenvalue weighted by Crippen LogP contribution is -2.42. The minimum Gasteiger partial charge on any atom is -0.496 e. The van der Waals surface area contributed by atoms with Gasteiger partial charge in [0.2, 0.25) is 5.91 Å². The Morgan fingerprint density at radius 1 is 1.11 bits per heavy atom. The minimum atomic E-state index is -0.565. The van der Waals surface area contributed by atoms with Crippen LogP contribution in [0.15, 0.2) is 47.6 Å². The summed E-state index contributed by atoms with van der Waals surface area (Å²) >= 11 is 7.15. The van der Waals surface area contributed by atoms with Crippen molar-refractivity contribution in [1.82, 2.24) is 30.5 Å². The van der Waals surface area contributed by atoms with Crippen LogP contribution in [0.2, 0.25) is 5.02 Å². The molecule has 196 valence electrons. The molecule has 4 rings (SSSR count). The molecule has 2 N–H and O–H groups in total. The molecular weight excluding hydrogens is 519 g/mol. The molecular formula is C25H28ClFN6O3S. The number of methoxy groups -OCH3 is 1. The van der Waals surface area contributed by atoms with E-state index in [0.29, 0.717) is 21.6 Å². The molecule has 9 nitrogen and oxygen atoms in total. The van der Waals surface area contributed by atoms with Gasteiger partial charge in [0, 0.05) is 10.7 Å². The zero-order chi connectivity index (χ0) is 26.4. The number of hydrazine groups is 1. The van der Waals surface area contributed by atoms with Crippen LogP contribution in [0.1, 0.15) is 48.4 Å². The summed E-state index contributed by atoms with van der Waals surface area (Å²) < 4.78 is 20.7. The molecule has 12 heteroatoms. The normalized spacial score (nSPS) is 14.7. The van der Waals surface area contributed by atoms with E-state index in [9.17, 15) is 14.0 Å². The Kier molecular flexibility index (Phi) is 9.01. The summed E-state index contributed by atoms with van der Waals surface area (Å²) in [5, 5.41) is 9.63. The van der Waals surface area contributed by atoms with Crippen molar-refractivity contribution >= 4 is 35.2 Å². The fraction of sp³-hybridized carbons (Fsp3) is 0.360. The molecule has 1 atom stereocenters. The van der Waals surface area contributed by atoms with E-state index in [4.69, 9.17) is 16.3 Å². The summed E-state index contributed by atoms with van der Waals surface area (Å²) in [4.78, 5) is 27.4. The second-order valence-electron chi connectivity index (χ2n) is 8.56. The van der Waals surface area contributed by atoms with E-state index in [-0.39, 0.29) is 23.2 Å². The molecule has 1 unspecified atom stereocenters. The topological polar surface area (TPSA) is 101 Å². The molecule has 1 aliphatic heterocycles. The van der Waals surface area contributed by atoms with Crippen LogP contribution in [0.5, 0.6) is 5.75 Å². The Morgan fingerprint density at radius 3 is 2.54 bits per heavy atom. The van der Waals surface area contributed by atoms with Crippen LogP contribution in [0.4, 0.5) is 4.39 Å². The van der Waals surface area contributed by atoms with Gasteiger partial charge in [-0.1, -0.05) is 29.8 Å². The number of ether oxygens (including phenoxy) is 1. The third kappa shape index (κ3) is 6.60. The van der Waals surface area contributed by atoms with Crippen molar-refractivity contribution < 1.29 is 18.7 Å². The highest BCUT2D eigenvalue weighted by molar-refractivity contribution is 7.99. The van der Waals surface area contributed by atoms with Gasteiger partial charge in [0.15, 0.2) is 11.0 Å². The number of benzene rings is 2. The highest BCUT2D eigenvalue weighted by Crippen LogP contribution is 2.29. The van der Waals surface area contributed by atoms with Crippen molar-refractivity contribution in [1.29, 1.82) is 0 Å². The molecule has 2 amide bonds. The Labute approximate surface area is 223 Å². The van der Waals surface area contributed by atoms with Crippen LogP contribution < -0.4 is 15.6 Å². The maximum Gasteiger partial charge on any atom is 0.273 e. The first-order valence-corrected chi connectivity index (χ1v) is 13.2. The van der Waals surface area contributed by atoms with Crippen molar-refractivity contribution in [3.63, 3.8) is 0 Å². The van der Waals surface area contributed by atoms with Gasteiger partial charge in [-0.2, -0.15) is 0 Å². The second kappa shape index (κ2) is 12.4. The van der Waals surface area contributed by atoms with Gasteiger partial charge in [-0.05, 0) is 75.3 Å². The number of halogens is 2. The molecule has 1 fully saturated rings. The average Bonchev–Trinajstić information content (AvgIpc) is 3.34. The molecule has 1 aromatic heterocycles. The van der Waals surface area contributed by atoms with Crippen molar-refractivity contribution in [3.05, 3.63) is 64.7 Å². The number of piperidine rings is 1. The molecule has 0 aliphatic carbocycles. The van der Waals surface area contributed by atoms with Gasteiger partial charge in [-0.15, -0.1) is 10.2 Å². The number of likely N-dealkylation sites (tertiary alicyclic amines) is 1. The monoisotopic (exact) mass is 546 g/mol. The number of carbonyl (C=O) groups is 2. The summed E-state index contributed by atoms with van der Waals surface area (Å²) in [7, 11) is 1.44. The van der Waals surface area contributed by atoms with Crippen LogP contribution in [0.3, 0.4) is 0 Å². The molecule has 0 bridgehead atoms. The third-order valence-corrected chi connectivity index (χ3v) is 7.27. The fourth-order valence-electron chi connectivity index (χ4n) is 4.16. The predicted molar refractivity (Wildman–Crippen MR) is 139 cm³/mol. The molecule has 2 aromatic carbocycles. The predicted octanol–water partition coefficient (Wildman–Crippen LogP) is 4.17. The highest BCUT2D eigenvalue weighted by Gasteiger charge is 2.26. The summed E-state index contributed by atoms with van der Waals surface area (Å²) in [6.45, 7) is 4.02. The van der Waals surface area contributed by atoms with E-state index >= 15 is 0 Å². The van der Waals surface area contributed by atoms with Gasteiger partial charge in [0.1, 0.15) is 11.6 Å². The third-order valence-electron chi connectivity index (χ3n) is 6.11. The Morgan fingerprint density at radius 2 is 1.84 bits per heavy atom. The maximum absolute atomic E-state index is 13.6. The lowest BCUT2D eigenvalue weighted by atomic mass is 10.1. The number of aromatic nitrogens is 3. The van der Waals surface area contributed by atoms with E-state index in [1.54, 1.807) is 24.3 Å². The first-order valence-electron chi connectivity index (χ1n) is 11.9. The number of nitrogens with one attached hydrogen (secondary N) is 2. The molecule has 2 heterocycles. The van der Waals surface area contributed by atoms with Crippen molar-refractivity contribution in [3.8, 4) is 11.4 Å². The number of nitrogens with zero attached hydrogens (tertiary/aromatic N) is 4. The van der Waals surface area contributed by atoms with E-state index in [1.165, 1.54) is 31.7 Å². The molecule has 0 radical (unpaired) electrons. The number of hydrogen-bond acceptors (Lipinski definition) is 7.